The molecule has 2 nitrogen and oxygen atoms in total. The van der Waals surface area contributed by atoms with Crippen molar-refractivity contribution in [3.05, 3.63) is 65.0 Å². The van der Waals surface area contributed by atoms with Crippen LogP contribution in [0, 0.1) is 6.92 Å². The molecule has 0 aliphatic carbocycles. The molecule has 1 aromatic heterocycles. The second-order valence-corrected chi connectivity index (χ2v) is 5.51. The first-order valence-corrected chi connectivity index (χ1v) is 7.77. The zero-order valence-electron chi connectivity index (χ0n) is 12.9. The molecule has 21 heavy (non-hydrogen) atoms. The molecule has 2 aromatic rings. The van der Waals surface area contributed by atoms with Crippen molar-refractivity contribution in [1.82, 2.24) is 4.98 Å². The van der Waals surface area contributed by atoms with Crippen molar-refractivity contribution in [1.29, 1.82) is 0 Å². The second kappa shape index (κ2) is 7.72. The van der Waals surface area contributed by atoms with Crippen LogP contribution in [0.3, 0.4) is 0 Å². The average Bonchev–Trinajstić information content (AvgIpc) is 2.52. The van der Waals surface area contributed by atoms with Crippen LogP contribution in [0.2, 0.25) is 0 Å². The minimum absolute atomic E-state index is 0.00522. The smallest absolute Gasteiger partial charge is 0.211 e. The van der Waals surface area contributed by atoms with E-state index in [0.29, 0.717) is 11.3 Å². The number of aromatic nitrogens is 1. The van der Waals surface area contributed by atoms with Crippen LogP contribution in [-0.4, -0.2) is 10.8 Å². The van der Waals surface area contributed by atoms with Gasteiger partial charge in [0, 0.05) is 11.8 Å². The molecule has 0 atom stereocenters. The summed E-state index contributed by atoms with van der Waals surface area (Å²) in [5, 5.41) is 0. The highest BCUT2D eigenvalue weighted by Gasteiger charge is 2.12. The van der Waals surface area contributed by atoms with Crippen LogP contribution >= 0.6 is 0 Å². The molecule has 0 aliphatic rings. The molecule has 0 saturated heterocycles. The van der Waals surface area contributed by atoms with Crippen LogP contribution < -0.4 is 0 Å². The predicted molar refractivity (Wildman–Crippen MR) is 86.7 cm³/mol. The van der Waals surface area contributed by atoms with E-state index in [-0.39, 0.29) is 5.78 Å². The Hall–Kier alpha value is -1.96. The molecular formula is C19H23NO. The topological polar surface area (TPSA) is 30.0 Å². The highest BCUT2D eigenvalue weighted by molar-refractivity contribution is 6.08. The third-order valence-corrected chi connectivity index (χ3v) is 3.76. The average molecular weight is 281 g/mol. The fourth-order valence-corrected chi connectivity index (χ4v) is 2.44. The summed E-state index contributed by atoms with van der Waals surface area (Å²) in [7, 11) is 0. The first-order chi connectivity index (χ1) is 10.2. The van der Waals surface area contributed by atoms with Crippen LogP contribution in [0.25, 0.3) is 0 Å². The summed E-state index contributed by atoms with van der Waals surface area (Å²) in [6.07, 6.45) is 7.83. The van der Waals surface area contributed by atoms with Crippen molar-refractivity contribution in [2.75, 3.05) is 0 Å². The normalized spacial score (nSPS) is 10.6. The highest BCUT2D eigenvalue weighted by atomic mass is 16.1. The summed E-state index contributed by atoms with van der Waals surface area (Å²) >= 11 is 0. The molecule has 0 unspecified atom stereocenters. The number of hydrogen-bond donors (Lipinski definition) is 0. The third-order valence-electron chi connectivity index (χ3n) is 3.76. The molecule has 0 spiro atoms. The molecule has 0 fully saturated rings. The molecule has 0 amide bonds. The van der Waals surface area contributed by atoms with E-state index in [1.165, 1.54) is 31.2 Å². The van der Waals surface area contributed by atoms with E-state index in [1.54, 1.807) is 6.20 Å². The Balaban J connectivity index is 2.02. The van der Waals surface area contributed by atoms with Gasteiger partial charge < -0.3 is 0 Å². The van der Waals surface area contributed by atoms with Gasteiger partial charge in [0.2, 0.25) is 5.78 Å². The van der Waals surface area contributed by atoms with E-state index in [9.17, 15) is 4.79 Å². The highest BCUT2D eigenvalue weighted by Crippen LogP contribution is 2.14. The Labute approximate surface area is 127 Å². The molecule has 0 N–H and O–H groups in total. The zero-order chi connectivity index (χ0) is 15.1. The van der Waals surface area contributed by atoms with Gasteiger partial charge in [-0.2, -0.15) is 0 Å². The van der Waals surface area contributed by atoms with Gasteiger partial charge in [0.25, 0.3) is 0 Å². The van der Waals surface area contributed by atoms with Crippen LogP contribution in [0.1, 0.15) is 59.8 Å². The number of aryl methyl sites for hydroxylation is 2. The van der Waals surface area contributed by atoms with Gasteiger partial charge in [-0.1, -0.05) is 56.5 Å². The quantitative estimate of drug-likeness (QED) is 0.542. The summed E-state index contributed by atoms with van der Waals surface area (Å²) in [5.41, 5.74) is 3.49. The van der Waals surface area contributed by atoms with E-state index in [2.05, 4.69) is 24.0 Å². The predicted octanol–water partition coefficient (Wildman–Crippen LogP) is 4.74. The van der Waals surface area contributed by atoms with Crippen molar-refractivity contribution >= 4 is 5.78 Å². The van der Waals surface area contributed by atoms with Gasteiger partial charge >= 0.3 is 0 Å². The molecule has 2 rings (SSSR count). The number of carbonyl (C=O) groups is 1. The minimum atomic E-state index is 0.00522. The van der Waals surface area contributed by atoms with Crippen molar-refractivity contribution in [3.8, 4) is 0 Å². The second-order valence-electron chi connectivity index (χ2n) is 5.51. The number of pyridine rings is 1. The molecule has 0 radical (unpaired) electrons. The molecule has 2 heteroatoms. The molecule has 1 heterocycles. The molecule has 0 saturated carbocycles. The SMILES string of the molecule is CCCCCCc1ccc(C(=O)c2ncccc2C)cc1. The lowest BCUT2D eigenvalue weighted by Gasteiger charge is -2.05. The van der Waals surface area contributed by atoms with Gasteiger partial charge in [0.1, 0.15) is 5.69 Å². The Bertz CT molecular complexity index is 587. The summed E-state index contributed by atoms with van der Waals surface area (Å²) in [4.78, 5) is 16.6. The van der Waals surface area contributed by atoms with Gasteiger partial charge in [-0.05, 0) is 37.0 Å². The van der Waals surface area contributed by atoms with Crippen LogP contribution in [0.4, 0.5) is 0 Å². The van der Waals surface area contributed by atoms with Crippen molar-refractivity contribution < 1.29 is 4.79 Å². The maximum Gasteiger partial charge on any atom is 0.211 e. The maximum atomic E-state index is 12.4. The summed E-state index contributed by atoms with van der Waals surface area (Å²) in [5.74, 6) is 0.00522. The lowest BCUT2D eigenvalue weighted by Crippen LogP contribution is -2.06. The molecule has 0 aliphatic heterocycles. The number of nitrogens with zero attached hydrogens (tertiary/aromatic N) is 1. The molecule has 1 aromatic carbocycles. The minimum Gasteiger partial charge on any atom is -0.287 e. The van der Waals surface area contributed by atoms with E-state index < -0.39 is 0 Å². The van der Waals surface area contributed by atoms with E-state index in [1.807, 2.05) is 31.2 Å². The van der Waals surface area contributed by atoms with E-state index in [4.69, 9.17) is 0 Å². The molecule has 0 bridgehead atoms. The standard InChI is InChI=1S/C19H23NO/c1-3-4-5-6-9-16-10-12-17(13-11-16)19(21)18-15(2)8-7-14-20-18/h7-8,10-14H,3-6,9H2,1-2H3. The fourth-order valence-electron chi connectivity index (χ4n) is 2.44. The van der Waals surface area contributed by atoms with Crippen LogP contribution in [0.5, 0.6) is 0 Å². The van der Waals surface area contributed by atoms with Gasteiger partial charge in [0.05, 0.1) is 0 Å². The Morgan fingerprint density at radius 2 is 1.81 bits per heavy atom. The number of ketones is 1. The van der Waals surface area contributed by atoms with Crippen molar-refractivity contribution in [2.45, 2.75) is 46.0 Å². The molecular weight excluding hydrogens is 258 g/mol. The van der Waals surface area contributed by atoms with Crippen LogP contribution in [-0.2, 0) is 6.42 Å². The number of carbonyl (C=O) groups excluding carboxylic acids is 1. The Kier molecular flexibility index (Phi) is 5.68. The first kappa shape index (κ1) is 15.4. The lowest BCUT2D eigenvalue weighted by atomic mass is 10.0. The third kappa shape index (κ3) is 4.25. The fraction of sp³-hybridized carbons (Fsp3) is 0.368. The summed E-state index contributed by atoms with van der Waals surface area (Å²) in [6.45, 7) is 4.14. The van der Waals surface area contributed by atoms with Crippen molar-refractivity contribution in [3.63, 3.8) is 0 Å². The van der Waals surface area contributed by atoms with Gasteiger partial charge in [-0.3, -0.25) is 9.78 Å². The van der Waals surface area contributed by atoms with Crippen LogP contribution in [0.15, 0.2) is 42.6 Å². The Morgan fingerprint density at radius 3 is 2.48 bits per heavy atom. The Morgan fingerprint density at radius 1 is 1.05 bits per heavy atom. The summed E-state index contributed by atoms with van der Waals surface area (Å²) in [6, 6.07) is 11.7. The first-order valence-electron chi connectivity index (χ1n) is 7.77. The lowest BCUT2D eigenvalue weighted by molar-refractivity contribution is 0.103. The number of hydrogen-bond acceptors (Lipinski definition) is 2. The van der Waals surface area contributed by atoms with Gasteiger partial charge in [0.15, 0.2) is 0 Å². The summed E-state index contributed by atoms with van der Waals surface area (Å²) < 4.78 is 0. The largest absolute Gasteiger partial charge is 0.287 e. The zero-order valence-corrected chi connectivity index (χ0v) is 12.9. The number of rotatable bonds is 7. The van der Waals surface area contributed by atoms with Gasteiger partial charge in [-0.25, -0.2) is 0 Å². The molecule has 110 valence electrons. The van der Waals surface area contributed by atoms with E-state index in [0.717, 1.165) is 12.0 Å². The monoisotopic (exact) mass is 281 g/mol. The maximum absolute atomic E-state index is 12.4. The van der Waals surface area contributed by atoms with Gasteiger partial charge in [-0.15, -0.1) is 0 Å². The number of unbranched alkanes of at least 4 members (excludes halogenated alkanes) is 3. The van der Waals surface area contributed by atoms with E-state index >= 15 is 0 Å². The number of benzene rings is 1. The van der Waals surface area contributed by atoms with Crippen molar-refractivity contribution in [2.24, 2.45) is 0 Å².